The van der Waals surface area contributed by atoms with E-state index in [1.54, 1.807) is 19.9 Å². The van der Waals surface area contributed by atoms with Crippen LogP contribution in [-0.2, 0) is 25.7 Å². The van der Waals surface area contributed by atoms with Crippen molar-refractivity contribution < 1.29 is 28.3 Å². The van der Waals surface area contributed by atoms with Gasteiger partial charge in [0, 0.05) is 5.02 Å². The molecule has 0 aliphatic carbocycles. The molecule has 1 unspecified atom stereocenters. The standard InChI is InChI=1S/C27H33ClN2O5/c1-4-34-27(33)23-16-22(28)15-19(2)25(23)29-26(32)20(3)30(13-9-6-10-14-30)17-24(31)35-18-21-11-7-5-8-12-21/h5,7-8,11-12,15-16,20H,4,6,9-10,13-14,17-18H2,1-3H3/p+1. The number of quaternary nitrogens is 1. The molecule has 1 saturated heterocycles. The fourth-order valence-corrected chi connectivity index (χ4v) is 4.89. The summed E-state index contributed by atoms with van der Waals surface area (Å²) in [5.41, 5.74) is 2.17. The Kier molecular flexibility index (Phi) is 9.29. The lowest BCUT2D eigenvalue weighted by atomic mass is 10.0. The normalized spacial score (nSPS) is 15.7. The Morgan fingerprint density at radius 1 is 1.06 bits per heavy atom. The molecule has 3 rings (SSSR count). The van der Waals surface area contributed by atoms with Gasteiger partial charge in [0.25, 0.3) is 5.91 Å². The summed E-state index contributed by atoms with van der Waals surface area (Å²) in [6.45, 7) is 7.27. The van der Waals surface area contributed by atoms with Crippen molar-refractivity contribution in [2.45, 2.75) is 52.7 Å². The third-order valence-electron chi connectivity index (χ3n) is 6.64. The van der Waals surface area contributed by atoms with E-state index in [9.17, 15) is 14.4 Å². The Balaban J connectivity index is 1.77. The Hall–Kier alpha value is -2.90. The van der Waals surface area contributed by atoms with E-state index in [-0.39, 0.29) is 37.2 Å². The maximum atomic E-state index is 13.5. The molecule has 2 aromatic rings. The van der Waals surface area contributed by atoms with Crippen molar-refractivity contribution in [2.24, 2.45) is 0 Å². The molecule has 2 aromatic carbocycles. The highest BCUT2D eigenvalue weighted by Crippen LogP contribution is 2.29. The predicted octanol–water partition coefficient (Wildman–Crippen LogP) is 4.90. The van der Waals surface area contributed by atoms with Crippen LogP contribution in [0.15, 0.2) is 42.5 Å². The summed E-state index contributed by atoms with van der Waals surface area (Å²) in [6.07, 6.45) is 2.92. The topological polar surface area (TPSA) is 81.7 Å². The van der Waals surface area contributed by atoms with Crippen molar-refractivity contribution in [1.29, 1.82) is 0 Å². The number of esters is 2. The fourth-order valence-electron chi connectivity index (χ4n) is 4.62. The van der Waals surface area contributed by atoms with E-state index in [1.807, 2.05) is 37.3 Å². The molecule has 0 bridgehead atoms. The number of amides is 1. The molecule has 1 heterocycles. The predicted molar refractivity (Wildman–Crippen MR) is 135 cm³/mol. The lowest BCUT2D eigenvalue weighted by molar-refractivity contribution is -0.938. The Bertz CT molecular complexity index is 1050. The number of hydrogen-bond donors (Lipinski definition) is 1. The molecule has 0 radical (unpaired) electrons. The number of nitrogens with zero attached hydrogens (tertiary/aromatic N) is 1. The van der Waals surface area contributed by atoms with Crippen LogP contribution in [0.4, 0.5) is 5.69 Å². The van der Waals surface area contributed by atoms with Gasteiger partial charge in [-0.1, -0.05) is 41.9 Å². The highest BCUT2D eigenvalue weighted by atomic mass is 35.5. The van der Waals surface area contributed by atoms with Gasteiger partial charge in [-0.3, -0.25) is 4.79 Å². The smallest absolute Gasteiger partial charge is 0.362 e. The van der Waals surface area contributed by atoms with Gasteiger partial charge in [0.15, 0.2) is 12.6 Å². The highest BCUT2D eigenvalue weighted by molar-refractivity contribution is 6.31. The molecule has 1 atom stereocenters. The summed E-state index contributed by atoms with van der Waals surface area (Å²) in [4.78, 5) is 38.8. The molecule has 35 heavy (non-hydrogen) atoms. The molecule has 188 valence electrons. The van der Waals surface area contributed by atoms with E-state index in [0.29, 0.717) is 33.8 Å². The number of anilines is 1. The summed E-state index contributed by atoms with van der Waals surface area (Å²) in [6, 6.07) is 12.2. The van der Waals surface area contributed by atoms with Crippen LogP contribution in [0.2, 0.25) is 5.02 Å². The molecule has 1 fully saturated rings. The van der Waals surface area contributed by atoms with E-state index in [1.165, 1.54) is 6.07 Å². The van der Waals surface area contributed by atoms with Gasteiger partial charge in [-0.05, 0) is 63.3 Å². The van der Waals surface area contributed by atoms with Gasteiger partial charge in [-0.2, -0.15) is 0 Å². The van der Waals surface area contributed by atoms with Crippen LogP contribution >= 0.6 is 11.6 Å². The van der Waals surface area contributed by atoms with Crippen LogP contribution in [0.25, 0.3) is 0 Å². The fraction of sp³-hybridized carbons (Fsp3) is 0.444. The average molecular weight is 502 g/mol. The summed E-state index contributed by atoms with van der Waals surface area (Å²) in [5, 5.41) is 3.32. The summed E-state index contributed by atoms with van der Waals surface area (Å²) in [5.74, 6) is -1.14. The first-order chi connectivity index (χ1) is 16.8. The van der Waals surface area contributed by atoms with Crippen LogP contribution in [0.5, 0.6) is 0 Å². The molecule has 1 amide bonds. The molecular weight excluding hydrogens is 468 g/mol. The second kappa shape index (κ2) is 12.2. The number of piperidine rings is 1. The molecule has 0 aromatic heterocycles. The summed E-state index contributed by atoms with van der Waals surface area (Å²) >= 11 is 6.17. The quantitative estimate of drug-likeness (QED) is 0.390. The molecular formula is C27H34ClN2O5+. The van der Waals surface area contributed by atoms with Gasteiger partial charge >= 0.3 is 11.9 Å². The van der Waals surface area contributed by atoms with E-state index in [2.05, 4.69) is 5.32 Å². The van der Waals surface area contributed by atoms with Crippen molar-refractivity contribution in [3.05, 3.63) is 64.2 Å². The molecule has 8 heteroatoms. The number of halogens is 1. The van der Waals surface area contributed by atoms with Gasteiger partial charge < -0.3 is 19.3 Å². The third-order valence-corrected chi connectivity index (χ3v) is 6.86. The number of benzene rings is 2. The maximum Gasteiger partial charge on any atom is 0.362 e. The second-order valence-electron chi connectivity index (χ2n) is 9.06. The summed E-state index contributed by atoms with van der Waals surface area (Å²) in [7, 11) is 0. The SMILES string of the molecule is CCOC(=O)c1cc(Cl)cc(C)c1NC(=O)C(C)[N+]1(CC(=O)OCc2ccccc2)CCCCC1. The van der Waals surface area contributed by atoms with Gasteiger partial charge in [0.2, 0.25) is 0 Å². The number of aryl methyl sites for hydroxylation is 1. The highest BCUT2D eigenvalue weighted by Gasteiger charge is 2.42. The van der Waals surface area contributed by atoms with Gasteiger partial charge in [-0.25, -0.2) is 9.59 Å². The van der Waals surface area contributed by atoms with Crippen molar-refractivity contribution in [1.82, 2.24) is 0 Å². The number of rotatable bonds is 9. The largest absolute Gasteiger partial charge is 0.462 e. The monoisotopic (exact) mass is 501 g/mol. The molecule has 0 spiro atoms. The zero-order valence-electron chi connectivity index (χ0n) is 20.6. The minimum absolute atomic E-state index is 0.117. The van der Waals surface area contributed by atoms with Crippen molar-refractivity contribution >= 4 is 35.1 Å². The Labute approximate surface area is 211 Å². The lowest BCUT2D eigenvalue weighted by Gasteiger charge is -2.44. The Morgan fingerprint density at radius 2 is 1.74 bits per heavy atom. The third kappa shape index (κ3) is 6.83. The van der Waals surface area contributed by atoms with Crippen LogP contribution in [0.1, 0.15) is 54.6 Å². The van der Waals surface area contributed by atoms with Crippen LogP contribution in [0, 0.1) is 6.92 Å². The van der Waals surface area contributed by atoms with Crippen molar-refractivity contribution in [2.75, 3.05) is 31.6 Å². The first-order valence-corrected chi connectivity index (χ1v) is 12.5. The summed E-state index contributed by atoms with van der Waals surface area (Å²) < 4.78 is 11.0. The molecule has 1 aliphatic rings. The minimum Gasteiger partial charge on any atom is -0.462 e. The van der Waals surface area contributed by atoms with E-state index in [0.717, 1.165) is 24.8 Å². The van der Waals surface area contributed by atoms with Crippen molar-refractivity contribution in [3.63, 3.8) is 0 Å². The van der Waals surface area contributed by atoms with Crippen LogP contribution in [0.3, 0.4) is 0 Å². The minimum atomic E-state index is -0.549. The molecule has 1 aliphatic heterocycles. The second-order valence-corrected chi connectivity index (χ2v) is 9.50. The number of carbonyl (C=O) groups excluding carboxylic acids is 3. The lowest BCUT2D eigenvalue weighted by Crippen LogP contribution is -2.63. The average Bonchev–Trinajstić information content (AvgIpc) is 2.85. The van der Waals surface area contributed by atoms with Crippen LogP contribution in [-0.4, -0.2) is 54.6 Å². The number of likely N-dealkylation sites (tertiary alicyclic amines) is 1. The number of hydrogen-bond acceptors (Lipinski definition) is 5. The maximum absolute atomic E-state index is 13.5. The van der Waals surface area contributed by atoms with E-state index >= 15 is 0 Å². The van der Waals surface area contributed by atoms with E-state index < -0.39 is 12.0 Å². The Morgan fingerprint density at radius 3 is 2.40 bits per heavy atom. The van der Waals surface area contributed by atoms with Crippen LogP contribution < -0.4 is 5.32 Å². The van der Waals surface area contributed by atoms with Crippen molar-refractivity contribution in [3.8, 4) is 0 Å². The molecule has 0 saturated carbocycles. The van der Waals surface area contributed by atoms with Gasteiger partial charge in [0.1, 0.15) is 6.61 Å². The molecule has 1 N–H and O–H groups in total. The zero-order valence-corrected chi connectivity index (χ0v) is 21.4. The first-order valence-electron chi connectivity index (χ1n) is 12.1. The molecule has 7 nitrogen and oxygen atoms in total. The zero-order chi connectivity index (χ0) is 25.4. The number of nitrogens with one attached hydrogen (secondary N) is 1. The van der Waals surface area contributed by atoms with Gasteiger partial charge in [0.05, 0.1) is 30.9 Å². The number of carbonyl (C=O) groups is 3. The number of ether oxygens (including phenoxy) is 2. The van der Waals surface area contributed by atoms with Gasteiger partial charge in [-0.15, -0.1) is 0 Å². The first kappa shape index (κ1) is 26.7. The van der Waals surface area contributed by atoms with E-state index in [4.69, 9.17) is 21.1 Å².